The van der Waals surface area contributed by atoms with Gasteiger partial charge in [-0.2, -0.15) is 0 Å². The Morgan fingerprint density at radius 2 is 2.20 bits per heavy atom. The first-order chi connectivity index (χ1) is 11.6. The maximum atomic E-state index is 12.5. The van der Waals surface area contributed by atoms with Crippen molar-refractivity contribution in [2.75, 3.05) is 32.8 Å². The summed E-state index contributed by atoms with van der Waals surface area (Å²) in [5.74, 6) is 0.839. The number of benzene rings is 1. The number of hydrogen-bond acceptors (Lipinski definition) is 4. The largest absolute Gasteiger partial charge is 0.489 e. The number of nitrogens with one attached hydrogen (secondary N) is 1. The molecule has 2 aliphatic rings. The van der Waals surface area contributed by atoms with Crippen molar-refractivity contribution in [2.45, 2.75) is 31.4 Å². The zero-order chi connectivity index (χ0) is 16.9. The first kappa shape index (κ1) is 20.6. The van der Waals surface area contributed by atoms with Gasteiger partial charge in [0.2, 0.25) is 5.91 Å². The summed E-state index contributed by atoms with van der Waals surface area (Å²) in [6.45, 7) is 3.51. The smallest absolute Gasteiger partial charge is 0.224 e. The Hall–Kier alpha value is -0.720. The minimum Gasteiger partial charge on any atom is -0.489 e. The second-order valence-electron chi connectivity index (χ2n) is 6.23. The molecule has 5 nitrogen and oxygen atoms in total. The molecule has 0 radical (unpaired) electrons. The van der Waals surface area contributed by atoms with Crippen LogP contribution in [0.3, 0.4) is 0 Å². The van der Waals surface area contributed by atoms with Crippen LogP contribution < -0.4 is 10.1 Å². The van der Waals surface area contributed by atoms with Crippen LogP contribution in [0, 0.1) is 0 Å². The molecular weight excluding hydrogens is 387 g/mol. The van der Waals surface area contributed by atoms with E-state index < -0.39 is 0 Å². The second kappa shape index (κ2) is 9.83. The van der Waals surface area contributed by atoms with Crippen LogP contribution in [0.4, 0.5) is 0 Å². The molecule has 140 valence electrons. The van der Waals surface area contributed by atoms with Gasteiger partial charge in [0.05, 0.1) is 29.8 Å². The second-order valence-corrected chi connectivity index (χ2v) is 7.04. The molecule has 1 N–H and O–H groups in total. The van der Waals surface area contributed by atoms with E-state index in [1.54, 1.807) is 18.2 Å². The number of piperidine rings is 1. The van der Waals surface area contributed by atoms with E-state index in [4.69, 9.17) is 32.7 Å². The summed E-state index contributed by atoms with van der Waals surface area (Å²) in [7, 11) is 0. The maximum absolute atomic E-state index is 12.5. The molecule has 1 aromatic carbocycles. The van der Waals surface area contributed by atoms with Gasteiger partial charge in [-0.25, -0.2) is 0 Å². The zero-order valence-corrected chi connectivity index (χ0v) is 16.2. The van der Waals surface area contributed by atoms with Crippen molar-refractivity contribution in [1.82, 2.24) is 10.2 Å². The average molecular weight is 410 g/mol. The van der Waals surface area contributed by atoms with Gasteiger partial charge < -0.3 is 19.7 Å². The number of likely N-dealkylation sites (tertiary alicyclic amines) is 1. The molecule has 2 heterocycles. The normalized spacial score (nSPS) is 23.7. The molecule has 0 bridgehead atoms. The summed E-state index contributed by atoms with van der Waals surface area (Å²) in [6.07, 6.45) is 2.32. The minimum absolute atomic E-state index is 0. The summed E-state index contributed by atoms with van der Waals surface area (Å²) >= 11 is 11.9. The van der Waals surface area contributed by atoms with Crippen molar-refractivity contribution in [2.24, 2.45) is 0 Å². The highest BCUT2D eigenvalue weighted by Gasteiger charge is 2.27. The lowest BCUT2D eigenvalue weighted by Gasteiger charge is -2.34. The van der Waals surface area contributed by atoms with Gasteiger partial charge >= 0.3 is 0 Å². The molecule has 3 rings (SSSR count). The first-order valence-electron chi connectivity index (χ1n) is 8.32. The zero-order valence-electron chi connectivity index (χ0n) is 13.9. The van der Waals surface area contributed by atoms with E-state index in [1.807, 2.05) is 4.90 Å². The third kappa shape index (κ3) is 5.90. The SMILES string of the molecule is Cl.O=C(CC1COCCN1)N1CCCC(Oc2ccc(Cl)c(Cl)c2)C1. The lowest BCUT2D eigenvalue weighted by molar-refractivity contribution is -0.135. The van der Waals surface area contributed by atoms with E-state index in [-0.39, 0.29) is 30.5 Å². The molecule has 25 heavy (non-hydrogen) atoms. The van der Waals surface area contributed by atoms with Crippen LogP contribution in [0.15, 0.2) is 18.2 Å². The first-order valence-corrected chi connectivity index (χ1v) is 9.08. The third-order valence-electron chi connectivity index (χ3n) is 4.34. The molecule has 0 aromatic heterocycles. The van der Waals surface area contributed by atoms with Crippen molar-refractivity contribution in [3.05, 3.63) is 28.2 Å². The van der Waals surface area contributed by atoms with Crippen molar-refractivity contribution in [3.8, 4) is 5.75 Å². The predicted octanol–water partition coefficient (Wildman–Crippen LogP) is 3.16. The van der Waals surface area contributed by atoms with Crippen LogP contribution in [0.5, 0.6) is 5.75 Å². The van der Waals surface area contributed by atoms with Gasteiger partial charge in [0.25, 0.3) is 0 Å². The van der Waals surface area contributed by atoms with Crippen LogP contribution in [0.2, 0.25) is 10.0 Å². The summed E-state index contributed by atoms with van der Waals surface area (Å²) < 4.78 is 11.4. The fraction of sp³-hybridized carbons (Fsp3) is 0.588. The van der Waals surface area contributed by atoms with Gasteiger partial charge in [-0.1, -0.05) is 23.2 Å². The molecule has 0 saturated carbocycles. The molecule has 0 aliphatic carbocycles. The van der Waals surface area contributed by atoms with E-state index in [9.17, 15) is 4.79 Å². The van der Waals surface area contributed by atoms with Gasteiger partial charge in [-0.3, -0.25) is 4.79 Å². The van der Waals surface area contributed by atoms with Crippen molar-refractivity contribution in [1.29, 1.82) is 0 Å². The maximum Gasteiger partial charge on any atom is 0.224 e. The number of ether oxygens (including phenoxy) is 2. The van der Waals surface area contributed by atoms with Gasteiger partial charge in [-0.05, 0) is 25.0 Å². The average Bonchev–Trinajstić information content (AvgIpc) is 2.59. The van der Waals surface area contributed by atoms with Crippen LogP contribution in [-0.2, 0) is 9.53 Å². The Bertz CT molecular complexity index is 582. The summed E-state index contributed by atoms with van der Waals surface area (Å²) in [5.41, 5.74) is 0. The van der Waals surface area contributed by atoms with Gasteiger partial charge in [0.15, 0.2) is 0 Å². The summed E-state index contributed by atoms with van der Waals surface area (Å²) in [5, 5.41) is 4.30. The van der Waals surface area contributed by atoms with Crippen molar-refractivity contribution in [3.63, 3.8) is 0 Å². The van der Waals surface area contributed by atoms with Gasteiger partial charge in [-0.15, -0.1) is 12.4 Å². The monoisotopic (exact) mass is 408 g/mol. The molecular formula is C17H23Cl3N2O3. The number of carbonyl (C=O) groups excluding carboxylic acids is 1. The lowest BCUT2D eigenvalue weighted by Crippen LogP contribution is -2.48. The van der Waals surface area contributed by atoms with E-state index in [1.165, 1.54) is 0 Å². The van der Waals surface area contributed by atoms with Crippen molar-refractivity contribution >= 4 is 41.5 Å². The number of rotatable bonds is 4. The highest BCUT2D eigenvalue weighted by atomic mass is 35.5. The van der Waals surface area contributed by atoms with Gasteiger partial charge in [0, 0.05) is 31.6 Å². The van der Waals surface area contributed by atoms with Crippen LogP contribution in [0.1, 0.15) is 19.3 Å². The number of halogens is 3. The van der Waals surface area contributed by atoms with Crippen LogP contribution in [-0.4, -0.2) is 55.8 Å². The number of hydrogen-bond donors (Lipinski definition) is 1. The van der Waals surface area contributed by atoms with E-state index in [0.29, 0.717) is 42.0 Å². The predicted molar refractivity (Wildman–Crippen MR) is 101 cm³/mol. The highest BCUT2D eigenvalue weighted by molar-refractivity contribution is 6.42. The standard InChI is InChI=1S/C17H22Cl2N2O3.ClH/c18-15-4-3-13(9-16(15)19)24-14-2-1-6-21(10-14)17(22)8-12-11-23-7-5-20-12;/h3-4,9,12,14,20H,1-2,5-8,10-11H2;1H. The molecule has 2 saturated heterocycles. The van der Waals surface area contributed by atoms with Crippen molar-refractivity contribution < 1.29 is 14.3 Å². The summed E-state index contributed by atoms with van der Waals surface area (Å²) in [6, 6.07) is 5.36. The Labute approximate surface area is 164 Å². The quantitative estimate of drug-likeness (QED) is 0.830. The molecule has 2 aliphatic heterocycles. The van der Waals surface area contributed by atoms with E-state index in [0.717, 1.165) is 25.9 Å². The summed E-state index contributed by atoms with van der Waals surface area (Å²) in [4.78, 5) is 14.4. The molecule has 2 unspecified atom stereocenters. The Morgan fingerprint density at radius 3 is 2.92 bits per heavy atom. The topological polar surface area (TPSA) is 50.8 Å². The lowest BCUT2D eigenvalue weighted by atomic mass is 10.1. The Balaban J connectivity index is 0.00000225. The van der Waals surface area contributed by atoms with E-state index >= 15 is 0 Å². The molecule has 0 spiro atoms. The molecule has 1 amide bonds. The molecule has 8 heteroatoms. The third-order valence-corrected chi connectivity index (χ3v) is 5.08. The number of amides is 1. The van der Waals surface area contributed by atoms with Gasteiger partial charge in [0.1, 0.15) is 11.9 Å². The number of morpholine rings is 1. The fourth-order valence-corrected chi connectivity index (χ4v) is 3.38. The number of carbonyl (C=O) groups is 1. The van der Waals surface area contributed by atoms with Crippen LogP contribution in [0.25, 0.3) is 0 Å². The minimum atomic E-state index is -0.0180. The van der Waals surface area contributed by atoms with Crippen LogP contribution >= 0.6 is 35.6 Å². The van der Waals surface area contributed by atoms with E-state index in [2.05, 4.69) is 5.32 Å². The Kier molecular flexibility index (Phi) is 8.10. The number of nitrogens with zero attached hydrogens (tertiary/aromatic N) is 1. The highest BCUT2D eigenvalue weighted by Crippen LogP contribution is 2.28. The molecule has 2 fully saturated rings. The Morgan fingerprint density at radius 1 is 1.36 bits per heavy atom. The molecule has 1 aromatic rings. The fourth-order valence-electron chi connectivity index (χ4n) is 3.09. The molecule has 2 atom stereocenters.